The molecule has 0 bridgehead atoms. The topological polar surface area (TPSA) is 59.0 Å². The average Bonchev–Trinajstić information content (AvgIpc) is 3.03. The van der Waals surface area contributed by atoms with Gasteiger partial charge in [0.15, 0.2) is 0 Å². The van der Waals surface area contributed by atoms with Gasteiger partial charge in [0.2, 0.25) is 5.91 Å². The van der Waals surface area contributed by atoms with E-state index in [0.29, 0.717) is 5.69 Å². The first-order chi connectivity index (χ1) is 10.6. The van der Waals surface area contributed by atoms with Crippen LogP contribution in [0.1, 0.15) is 0 Å². The molecule has 0 radical (unpaired) electrons. The van der Waals surface area contributed by atoms with Crippen LogP contribution >= 0.6 is 0 Å². The quantitative estimate of drug-likeness (QED) is 0.907. The van der Waals surface area contributed by atoms with E-state index in [4.69, 9.17) is 0 Å². The Morgan fingerprint density at radius 2 is 2.14 bits per heavy atom. The van der Waals surface area contributed by atoms with E-state index in [1.165, 1.54) is 0 Å². The van der Waals surface area contributed by atoms with Gasteiger partial charge in [-0.3, -0.25) is 4.79 Å². The van der Waals surface area contributed by atoms with Gasteiger partial charge in [-0.1, -0.05) is 0 Å². The van der Waals surface area contributed by atoms with Gasteiger partial charge in [0.1, 0.15) is 5.41 Å². The molecule has 22 heavy (non-hydrogen) atoms. The number of imidazole rings is 1. The Bertz CT molecular complexity index is 714. The molecular formula is C15H14F2N4O. The summed E-state index contributed by atoms with van der Waals surface area (Å²) in [5.74, 6) is -4.40. The number of hydrogen-bond donors (Lipinski definition) is 2. The van der Waals surface area contributed by atoms with E-state index < -0.39 is 23.2 Å². The van der Waals surface area contributed by atoms with Gasteiger partial charge in [-0.25, -0.2) is 13.8 Å². The molecule has 2 heterocycles. The maximum atomic E-state index is 13.8. The van der Waals surface area contributed by atoms with Crippen LogP contribution < -0.4 is 10.6 Å². The van der Waals surface area contributed by atoms with Crippen molar-refractivity contribution >= 4 is 11.6 Å². The standard InChI is InChI=1S/C15H14F2N4O/c16-15(17)12-7-19-8-14(12,15)13(22)20-10-1-3-11(4-2-10)21-6-5-18-9-21/h1-6,9,12,19H,7-8H2,(H,20,22). The predicted molar refractivity (Wildman–Crippen MR) is 75.9 cm³/mol. The number of carbonyl (C=O) groups is 1. The number of nitrogens with zero attached hydrogens (tertiary/aromatic N) is 2. The third-order valence-electron chi connectivity index (χ3n) is 4.63. The Labute approximate surface area is 125 Å². The Hall–Kier alpha value is -2.28. The summed E-state index contributed by atoms with van der Waals surface area (Å²) >= 11 is 0. The minimum Gasteiger partial charge on any atom is -0.325 e. The molecule has 1 saturated heterocycles. The second-order valence-electron chi connectivity index (χ2n) is 5.75. The molecule has 2 aliphatic rings. The van der Waals surface area contributed by atoms with Crippen LogP contribution in [0.25, 0.3) is 5.69 Å². The third-order valence-corrected chi connectivity index (χ3v) is 4.63. The van der Waals surface area contributed by atoms with Crippen LogP contribution in [0.2, 0.25) is 0 Å². The Balaban J connectivity index is 1.51. The minimum absolute atomic E-state index is 0.0314. The van der Waals surface area contributed by atoms with Crippen LogP contribution in [0.4, 0.5) is 14.5 Å². The number of amides is 1. The normalized spacial score (nSPS) is 28.2. The van der Waals surface area contributed by atoms with Gasteiger partial charge in [-0.2, -0.15) is 0 Å². The number of aromatic nitrogens is 2. The van der Waals surface area contributed by atoms with E-state index in [1.807, 2.05) is 4.57 Å². The molecule has 1 aliphatic heterocycles. The van der Waals surface area contributed by atoms with Crippen molar-refractivity contribution < 1.29 is 13.6 Å². The third kappa shape index (κ3) is 1.65. The lowest BCUT2D eigenvalue weighted by atomic mass is 10.0. The number of rotatable bonds is 3. The van der Waals surface area contributed by atoms with Gasteiger partial charge in [0.25, 0.3) is 5.92 Å². The highest BCUT2D eigenvalue weighted by atomic mass is 19.3. The zero-order valence-electron chi connectivity index (χ0n) is 11.6. The number of benzene rings is 1. The zero-order valence-corrected chi connectivity index (χ0v) is 11.6. The van der Waals surface area contributed by atoms with Gasteiger partial charge < -0.3 is 15.2 Å². The smallest absolute Gasteiger partial charge is 0.269 e. The number of fused-ring (bicyclic) bond motifs is 1. The van der Waals surface area contributed by atoms with Gasteiger partial charge in [0.05, 0.1) is 12.2 Å². The van der Waals surface area contributed by atoms with Crippen LogP contribution in [-0.2, 0) is 4.79 Å². The summed E-state index contributed by atoms with van der Waals surface area (Å²) in [6.45, 7) is 0.226. The number of hydrogen-bond acceptors (Lipinski definition) is 3. The first-order valence-corrected chi connectivity index (χ1v) is 7.04. The fourth-order valence-corrected chi connectivity index (χ4v) is 3.25. The monoisotopic (exact) mass is 304 g/mol. The van der Waals surface area contributed by atoms with Gasteiger partial charge in [0, 0.05) is 36.9 Å². The fraction of sp³-hybridized carbons (Fsp3) is 0.333. The molecule has 0 spiro atoms. The molecule has 4 rings (SSSR count). The number of piperidine rings is 1. The molecule has 2 aromatic rings. The Morgan fingerprint density at radius 3 is 2.73 bits per heavy atom. The van der Waals surface area contributed by atoms with Crippen molar-refractivity contribution in [2.45, 2.75) is 5.92 Å². The SMILES string of the molecule is O=C(Nc1ccc(-n2ccnc2)cc1)C12CNCC1C2(F)F. The van der Waals surface area contributed by atoms with Crippen molar-refractivity contribution in [3.63, 3.8) is 0 Å². The van der Waals surface area contributed by atoms with Crippen molar-refractivity contribution in [3.05, 3.63) is 43.0 Å². The Morgan fingerprint density at radius 1 is 1.36 bits per heavy atom. The highest BCUT2D eigenvalue weighted by molar-refractivity contribution is 5.99. The summed E-state index contributed by atoms with van der Waals surface area (Å²) in [5.41, 5.74) is -0.182. The first kappa shape index (κ1) is 13.4. The molecule has 1 aromatic carbocycles. The zero-order chi connectivity index (χ0) is 15.4. The first-order valence-electron chi connectivity index (χ1n) is 7.04. The fourth-order valence-electron chi connectivity index (χ4n) is 3.25. The van der Waals surface area contributed by atoms with E-state index >= 15 is 0 Å². The number of alkyl halides is 2. The molecule has 7 heteroatoms. The number of halogens is 2. The van der Waals surface area contributed by atoms with E-state index in [0.717, 1.165) is 5.69 Å². The summed E-state index contributed by atoms with van der Waals surface area (Å²) in [5, 5.41) is 5.47. The average molecular weight is 304 g/mol. The van der Waals surface area contributed by atoms with Crippen molar-refractivity contribution in [3.8, 4) is 5.69 Å². The van der Waals surface area contributed by atoms with Gasteiger partial charge >= 0.3 is 0 Å². The predicted octanol–water partition coefficient (Wildman–Crippen LogP) is 1.67. The van der Waals surface area contributed by atoms with Crippen LogP contribution in [0.5, 0.6) is 0 Å². The molecule has 2 atom stereocenters. The van der Waals surface area contributed by atoms with Crippen molar-refractivity contribution in [1.29, 1.82) is 0 Å². The van der Waals surface area contributed by atoms with E-state index in [-0.39, 0.29) is 13.1 Å². The van der Waals surface area contributed by atoms with Crippen LogP contribution in [-0.4, -0.2) is 34.5 Å². The summed E-state index contributed by atoms with van der Waals surface area (Å²) in [6.07, 6.45) is 5.12. The highest BCUT2D eigenvalue weighted by Crippen LogP contribution is 2.67. The molecule has 1 aliphatic carbocycles. The maximum Gasteiger partial charge on any atom is 0.269 e. The van der Waals surface area contributed by atoms with Crippen LogP contribution in [0.15, 0.2) is 43.0 Å². The van der Waals surface area contributed by atoms with Gasteiger partial charge in [-0.05, 0) is 24.3 Å². The van der Waals surface area contributed by atoms with Crippen molar-refractivity contribution in [1.82, 2.24) is 14.9 Å². The van der Waals surface area contributed by atoms with Gasteiger partial charge in [-0.15, -0.1) is 0 Å². The molecule has 2 unspecified atom stereocenters. The number of anilines is 1. The lowest BCUT2D eigenvalue weighted by Gasteiger charge is -2.14. The molecule has 5 nitrogen and oxygen atoms in total. The lowest BCUT2D eigenvalue weighted by Crippen LogP contribution is -2.35. The largest absolute Gasteiger partial charge is 0.325 e. The van der Waals surface area contributed by atoms with Crippen LogP contribution in [0, 0.1) is 11.3 Å². The van der Waals surface area contributed by atoms with E-state index in [9.17, 15) is 13.6 Å². The number of carbonyl (C=O) groups excluding carboxylic acids is 1. The molecule has 2 fully saturated rings. The summed E-state index contributed by atoms with van der Waals surface area (Å²) in [4.78, 5) is 16.2. The van der Waals surface area contributed by atoms with E-state index in [2.05, 4.69) is 15.6 Å². The minimum atomic E-state index is -2.90. The molecule has 1 amide bonds. The summed E-state index contributed by atoms with van der Waals surface area (Å²) in [6, 6.07) is 6.98. The molecule has 1 saturated carbocycles. The summed E-state index contributed by atoms with van der Waals surface area (Å²) < 4.78 is 29.4. The van der Waals surface area contributed by atoms with Crippen molar-refractivity contribution in [2.75, 3.05) is 18.4 Å². The van der Waals surface area contributed by atoms with E-state index in [1.54, 1.807) is 43.0 Å². The maximum absolute atomic E-state index is 13.8. The molecule has 1 aromatic heterocycles. The van der Waals surface area contributed by atoms with Crippen LogP contribution in [0.3, 0.4) is 0 Å². The molecule has 114 valence electrons. The second-order valence-corrected chi connectivity index (χ2v) is 5.75. The number of nitrogens with one attached hydrogen (secondary N) is 2. The Kier molecular flexibility index (Phi) is 2.65. The highest BCUT2D eigenvalue weighted by Gasteiger charge is 2.86. The van der Waals surface area contributed by atoms with Crippen molar-refractivity contribution in [2.24, 2.45) is 11.3 Å². The lowest BCUT2D eigenvalue weighted by molar-refractivity contribution is -0.124. The second kappa shape index (κ2) is 4.36. The molecular weight excluding hydrogens is 290 g/mol. The molecule has 2 N–H and O–H groups in total. The summed E-state index contributed by atoms with van der Waals surface area (Å²) in [7, 11) is 0.